The van der Waals surface area contributed by atoms with Gasteiger partial charge in [0.15, 0.2) is 34.6 Å². The van der Waals surface area contributed by atoms with Crippen LogP contribution in [0.3, 0.4) is 0 Å². The van der Waals surface area contributed by atoms with Crippen LogP contribution in [0.15, 0.2) is 107 Å². The Morgan fingerprint density at radius 1 is 0.646 bits per heavy atom. The van der Waals surface area contributed by atoms with Gasteiger partial charge < -0.3 is 28.7 Å². The molecule has 8 aromatic rings. The van der Waals surface area contributed by atoms with Gasteiger partial charge in [-0.2, -0.15) is 36.5 Å². The summed E-state index contributed by atoms with van der Waals surface area (Å²) < 4.78 is 115. The Morgan fingerprint density at radius 3 is 1.54 bits per heavy atom. The number of halogens is 6. The third kappa shape index (κ3) is 8.52. The van der Waals surface area contributed by atoms with Crippen LogP contribution in [0.4, 0.5) is 26.3 Å². The number of benzene rings is 2. The van der Waals surface area contributed by atoms with Crippen molar-refractivity contribution in [1.82, 2.24) is 49.8 Å². The minimum Gasteiger partial charge on any atom is -0.496 e. The zero-order valence-corrected chi connectivity index (χ0v) is 34.6. The molecule has 0 aliphatic rings. The van der Waals surface area contributed by atoms with Crippen molar-refractivity contribution in [1.29, 1.82) is 0 Å². The van der Waals surface area contributed by atoms with Crippen LogP contribution in [0.1, 0.15) is 37.7 Å². The Morgan fingerprint density at radius 2 is 1.09 bits per heavy atom. The molecule has 2 aromatic carbocycles. The number of aliphatic hydroxyl groups excluding tert-OH is 1. The highest BCUT2D eigenvalue weighted by Crippen LogP contribution is 2.48. The van der Waals surface area contributed by atoms with Crippen LogP contribution in [0, 0.1) is 0 Å². The van der Waals surface area contributed by atoms with Crippen molar-refractivity contribution in [2.75, 3.05) is 14.2 Å². The van der Waals surface area contributed by atoms with Gasteiger partial charge >= 0.3 is 12.4 Å². The smallest absolute Gasteiger partial charge is 0.433 e. The number of alkyl halides is 6. The highest BCUT2D eigenvalue weighted by Gasteiger charge is 2.46. The molecule has 16 nitrogen and oxygen atoms in total. The van der Waals surface area contributed by atoms with E-state index >= 15 is 26.3 Å². The Bertz CT molecular complexity index is 2930. The molecule has 2 N–H and O–H groups in total. The molecule has 6 heterocycles. The normalized spacial score (nSPS) is 14.0. The predicted molar refractivity (Wildman–Crippen MR) is 217 cm³/mol. The molecule has 6 aromatic heterocycles. The lowest BCUT2D eigenvalue weighted by molar-refractivity contribution is -0.148. The van der Waals surface area contributed by atoms with Gasteiger partial charge in [0.1, 0.15) is 22.9 Å². The van der Waals surface area contributed by atoms with Crippen molar-refractivity contribution in [3.05, 3.63) is 109 Å². The predicted octanol–water partition coefficient (Wildman–Crippen LogP) is 8.46. The van der Waals surface area contributed by atoms with E-state index in [1.165, 1.54) is 51.1 Å². The van der Waals surface area contributed by atoms with Crippen LogP contribution in [-0.2, 0) is 18.9 Å². The first-order valence-electron chi connectivity index (χ1n) is 19.5. The molecule has 0 aliphatic heterocycles. The first-order valence-corrected chi connectivity index (χ1v) is 19.5. The fourth-order valence-corrected chi connectivity index (χ4v) is 7.60. The van der Waals surface area contributed by atoms with Crippen LogP contribution in [0.5, 0.6) is 11.5 Å². The first kappa shape index (κ1) is 44.2. The summed E-state index contributed by atoms with van der Waals surface area (Å²) in [5, 5.41) is 39.2. The van der Waals surface area contributed by atoms with Gasteiger partial charge in [-0.25, -0.2) is 19.9 Å². The maximum absolute atomic E-state index is 15.4. The zero-order valence-electron chi connectivity index (χ0n) is 34.6. The Kier molecular flexibility index (Phi) is 11.7. The minimum absolute atomic E-state index is 0.0287. The summed E-state index contributed by atoms with van der Waals surface area (Å²) in [5.41, 5.74) is -5.64. The fraction of sp³-hybridized carbons (Fsp3) is 0.256. The quantitative estimate of drug-likeness (QED) is 0.0986. The molecule has 8 rings (SSSR count). The van der Waals surface area contributed by atoms with Gasteiger partial charge in [0.05, 0.1) is 73.2 Å². The third-order valence-electron chi connectivity index (χ3n) is 10.4. The number of ether oxygens (including phenoxy) is 2. The third-order valence-corrected chi connectivity index (χ3v) is 10.4. The molecule has 0 aliphatic carbocycles. The molecule has 0 saturated carbocycles. The number of para-hydroxylation sites is 2. The lowest BCUT2D eigenvalue weighted by Gasteiger charge is -2.32. The maximum Gasteiger partial charge on any atom is 0.433 e. The van der Waals surface area contributed by atoms with Gasteiger partial charge in [-0.05, 0) is 50.2 Å². The summed E-state index contributed by atoms with van der Waals surface area (Å²) in [5.74, 6) is -0.313. The highest BCUT2D eigenvalue weighted by molar-refractivity contribution is 5.91. The van der Waals surface area contributed by atoms with E-state index in [0.717, 1.165) is 26.2 Å². The summed E-state index contributed by atoms with van der Waals surface area (Å²) in [7, 11) is 2.80. The molecule has 0 fully saturated rings. The zero-order chi connectivity index (χ0) is 46.3. The summed E-state index contributed by atoms with van der Waals surface area (Å²) >= 11 is 0. The number of hydrogen-bond acceptors (Lipinski definition) is 14. The van der Waals surface area contributed by atoms with Crippen molar-refractivity contribution >= 4 is 0 Å². The average molecular weight is 903 g/mol. The molecule has 0 saturated heterocycles. The highest BCUT2D eigenvalue weighted by atomic mass is 19.4. The standard InChI is InChI=1S/C43H36F6N10O6/c1-23(60)28(59-38(43(47,48)49)27(21-55-59)36-32(40-52-17-10-18-53-40)34(57-65-36)25-12-6-8-14-30(25)63-4)19-41(2,61)22-58-37(42(44,45)46)26(20-54-58)35-31(39-50-15-9-16-51-39)33(56-64-35)24-11-5-7-13-29(24)62-3/h5-18,20-21,23,28,60-61H,19,22H2,1-4H3/t23-,28?,41?/m1/s1. The Balaban J connectivity index is 1.20. The van der Waals surface area contributed by atoms with Crippen molar-refractivity contribution in [2.45, 2.75) is 56.9 Å². The lowest BCUT2D eigenvalue weighted by Crippen LogP contribution is -2.39. The number of aromatic nitrogens is 10. The van der Waals surface area contributed by atoms with Crippen molar-refractivity contribution in [3.63, 3.8) is 0 Å². The number of rotatable bonds is 14. The van der Waals surface area contributed by atoms with Gasteiger partial charge in [0.25, 0.3) is 0 Å². The van der Waals surface area contributed by atoms with Crippen molar-refractivity contribution in [3.8, 4) is 79.4 Å². The van der Waals surface area contributed by atoms with Crippen LogP contribution in [-0.4, -0.2) is 85.9 Å². The Labute approximate surface area is 364 Å². The molecule has 336 valence electrons. The molecule has 22 heteroatoms. The van der Waals surface area contributed by atoms with Gasteiger partial charge in [-0.3, -0.25) is 9.36 Å². The maximum atomic E-state index is 15.4. The summed E-state index contributed by atoms with van der Waals surface area (Å²) in [6.45, 7) is 1.31. The van der Waals surface area contributed by atoms with Crippen LogP contribution in [0.25, 0.3) is 67.9 Å². The van der Waals surface area contributed by atoms with E-state index in [1.807, 2.05) is 0 Å². The number of hydrogen-bond donors (Lipinski definition) is 2. The van der Waals surface area contributed by atoms with Gasteiger partial charge in [0.2, 0.25) is 0 Å². The Hall–Kier alpha value is -7.46. The van der Waals surface area contributed by atoms with Crippen LogP contribution >= 0.6 is 0 Å². The summed E-state index contributed by atoms with van der Waals surface area (Å²) in [6, 6.07) is 14.5. The van der Waals surface area contributed by atoms with E-state index in [9.17, 15) is 10.2 Å². The van der Waals surface area contributed by atoms with E-state index in [-0.39, 0.29) is 34.2 Å². The van der Waals surface area contributed by atoms with Gasteiger partial charge in [-0.15, -0.1) is 0 Å². The van der Waals surface area contributed by atoms with E-state index in [1.54, 1.807) is 48.5 Å². The van der Waals surface area contributed by atoms with Crippen LogP contribution in [0.2, 0.25) is 0 Å². The lowest BCUT2D eigenvalue weighted by atomic mass is 9.93. The molecule has 0 spiro atoms. The van der Waals surface area contributed by atoms with E-state index in [4.69, 9.17) is 18.5 Å². The second-order valence-electron chi connectivity index (χ2n) is 14.9. The number of aliphatic hydroxyl groups is 2. The van der Waals surface area contributed by atoms with Gasteiger partial charge in [0, 0.05) is 42.3 Å². The van der Waals surface area contributed by atoms with Crippen LogP contribution < -0.4 is 9.47 Å². The number of nitrogens with zero attached hydrogens (tertiary/aromatic N) is 10. The SMILES string of the molecule is COc1ccccc1-c1noc(-c2cnn(CC(C)(O)CC([C@@H](C)O)n3ncc(-c4onc(-c5ccccc5OC)c4-c4ncccn4)c3C(F)(F)F)c2C(F)(F)F)c1-c1ncccn1. The molecule has 0 radical (unpaired) electrons. The number of methoxy groups -OCH3 is 2. The summed E-state index contributed by atoms with van der Waals surface area (Å²) in [4.78, 5) is 17.0. The van der Waals surface area contributed by atoms with E-state index in [2.05, 4.69) is 40.4 Å². The average Bonchev–Trinajstić information content (AvgIpc) is 4.10. The van der Waals surface area contributed by atoms with E-state index < -0.39 is 77.1 Å². The largest absolute Gasteiger partial charge is 0.496 e. The molecule has 2 unspecified atom stereocenters. The topological polar surface area (TPSA) is 198 Å². The van der Waals surface area contributed by atoms with Crippen molar-refractivity contribution in [2.24, 2.45) is 0 Å². The molecule has 0 amide bonds. The fourth-order valence-electron chi connectivity index (χ4n) is 7.60. The van der Waals surface area contributed by atoms with Gasteiger partial charge in [-0.1, -0.05) is 34.6 Å². The molecule has 0 bridgehead atoms. The molecular formula is C43H36F6N10O6. The molecule has 3 atom stereocenters. The van der Waals surface area contributed by atoms with Crippen molar-refractivity contribution < 1.29 is 55.1 Å². The van der Waals surface area contributed by atoms with E-state index in [0.29, 0.717) is 32.0 Å². The second-order valence-corrected chi connectivity index (χ2v) is 14.9. The minimum atomic E-state index is -5.20. The first-order chi connectivity index (χ1) is 31.0. The second kappa shape index (κ2) is 17.3. The summed E-state index contributed by atoms with van der Waals surface area (Å²) in [6.07, 6.45) is -5.59. The molecule has 65 heavy (non-hydrogen) atoms. The molecular weight excluding hydrogens is 867 g/mol. The monoisotopic (exact) mass is 902 g/mol.